The van der Waals surface area contributed by atoms with Gasteiger partial charge in [0, 0.05) is 19.5 Å². The summed E-state index contributed by atoms with van der Waals surface area (Å²) in [6.07, 6.45) is 1.21. The molecule has 1 aliphatic heterocycles. The van der Waals surface area contributed by atoms with Crippen LogP contribution in [0.5, 0.6) is 5.75 Å². The zero-order chi connectivity index (χ0) is 21.5. The highest BCUT2D eigenvalue weighted by Gasteiger charge is 2.32. The van der Waals surface area contributed by atoms with Gasteiger partial charge in [-0.15, -0.1) is 0 Å². The zero-order valence-electron chi connectivity index (χ0n) is 17.2. The van der Waals surface area contributed by atoms with Crippen molar-refractivity contribution in [3.8, 4) is 5.75 Å². The normalized spacial score (nSPS) is 20.5. The lowest BCUT2D eigenvalue weighted by Gasteiger charge is -2.37. The number of Topliss-reactive ketones (excluding diaryl/α,β-unsaturated/α-hetero) is 1. The summed E-state index contributed by atoms with van der Waals surface area (Å²) in [5.74, 6) is -0.0261. The molecule has 1 aliphatic rings. The summed E-state index contributed by atoms with van der Waals surface area (Å²) in [7, 11) is 0. The molecular formula is C24H29NO5. The molecule has 3 atom stereocenters. The van der Waals surface area contributed by atoms with E-state index in [4.69, 9.17) is 9.84 Å². The largest absolute Gasteiger partial charge is 0.492 e. The van der Waals surface area contributed by atoms with Gasteiger partial charge in [0.25, 0.3) is 0 Å². The number of hydrogen-bond donors (Lipinski definition) is 2. The van der Waals surface area contributed by atoms with Crippen molar-refractivity contribution in [3.05, 3.63) is 65.7 Å². The fourth-order valence-electron chi connectivity index (χ4n) is 3.94. The number of ether oxygens (including phenoxy) is 1. The topological polar surface area (TPSA) is 87.1 Å². The molecule has 30 heavy (non-hydrogen) atoms. The van der Waals surface area contributed by atoms with E-state index in [0.29, 0.717) is 39.0 Å². The molecule has 1 saturated heterocycles. The highest BCUT2D eigenvalue weighted by atomic mass is 16.5. The first kappa shape index (κ1) is 22.0. The number of para-hydroxylation sites is 1. The minimum Gasteiger partial charge on any atom is -0.492 e. The first-order chi connectivity index (χ1) is 14.4. The van der Waals surface area contributed by atoms with Crippen LogP contribution in [0.4, 0.5) is 0 Å². The van der Waals surface area contributed by atoms with Crippen molar-refractivity contribution in [1.82, 2.24) is 4.90 Å². The van der Waals surface area contributed by atoms with E-state index in [-0.39, 0.29) is 23.3 Å². The van der Waals surface area contributed by atoms with Crippen LogP contribution in [0.25, 0.3) is 0 Å². The van der Waals surface area contributed by atoms with Gasteiger partial charge in [0.05, 0.1) is 17.7 Å². The lowest BCUT2D eigenvalue weighted by Crippen LogP contribution is -2.50. The second-order valence-corrected chi connectivity index (χ2v) is 7.90. The third-order valence-corrected chi connectivity index (χ3v) is 5.66. The number of rotatable bonds is 9. The van der Waals surface area contributed by atoms with Gasteiger partial charge >= 0.3 is 5.97 Å². The Morgan fingerprint density at radius 2 is 1.80 bits per heavy atom. The Hall–Kier alpha value is -2.70. The molecule has 2 aromatic rings. The van der Waals surface area contributed by atoms with E-state index < -0.39 is 12.1 Å². The number of carboxylic acid groups (broad SMARTS) is 1. The molecule has 2 aromatic carbocycles. The number of carboxylic acids is 1. The van der Waals surface area contributed by atoms with Gasteiger partial charge in [-0.05, 0) is 48.6 Å². The third kappa shape index (κ3) is 5.90. The fourth-order valence-corrected chi connectivity index (χ4v) is 3.94. The van der Waals surface area contributed by atoms with Crippen LogP contribution >= 0.6 is 0 Å². The molecule has 6 heteroatoms. The van der Waals surface area contributed by atoms with Gasteiger partial charge in [-0.25, -0.2) is 4.79 Å². The SMILES string of the molecule is C[C@H](CC(=O)[C@H]1CC[C@H](O)CN1CCOc1ccccc1)c1ccc(C(=O)O)cc1. The number of carbonyl (C=O) groups is 2. The summed E-state index contributed by atoms with van der Waals surface area (Å²) in [6.45, 7) is 3.47. The molecule has 0 radical (unpaired) electrons. The molecule has 0 amide bonds. The van der Waals surface area contributed by atoms with Gasteiger partial charge in [0.2, 0.25) is 0 Å². The molecular weight excluding hydrogens is 382 g/mol. The van der Waals surface area contributed by atoms with Gasteiger partial charge in [-0.2, -0.15) is 0 Å². The molecule has 0 unspecified atom stereocenters. The van der Waals surface area contributed by atoms with Crippen LogP contribution in [0.15, 0.2) is 54.6 Å². The number of carbonyl (C=O) groups excluding carboxylic acids is 1. The Bertz CT molecular complexity index is 836. The molecule has 2 N–H and O–H groups in total. The number of benzene rings is 2. The molecule has 160 valence electrons. The van der Waals surface area contributed by atoms with E-state index in [2.05, 4.69) is 0 Å². The monoisotopic (exact) mass is 411 g/mol. The molecule has 0 aromatic heterocycles. The number of aliphatic hydroxyl groups is 1. The van der Waals surface area contributed by atoms with Crippen LogP contribution in [0.1, 0.15) is 48.0 Å². The smallest absolute Gasteiger partial charge is 0.335 e. The lowest BCUT2D eigenvalue weighted by atomic mass is 9.89. The van der Waals surface area contributed by atoms with Crippen molar-refractivity contribution >= 4 is 11.8 Å². The molecule has 0 saturated carbocycles. The predicted molar refractivity (Wildman–Crippen MR) is 114 cm³/mol. The van der Waals surface area contributed by atoms with Crippen molar-refractivity contribution in [2.45, 2.75) is 44.2 Å². The van der Waals surface area contributed by atoms with E-state index in [0.717, 1.165) is 11.3 Å². The number of hydrogen-bond acceptors (Lipinski definition) is 5. The lowest BCUT2D eigenvalue weighted by molar-refractivity contribution is -0.127. The maximum Gasteiger partial charge on any atom is 0.335 e. The minimum atomic E-state index is -0.959. The maximum atomic E-state index is 13.0. The summed E-state index contributed by atoms with van der Waals surface area (Å²) in [5.41, 5.74) is 1.19. The predicted octanol–water partition coefficient (Wildman–Crippen LogP) is 3.35. The van der Waals surface area contributed by atoms with E-state index in [1.807, 2.05) is 42.2 Å². The average molecular weight is 411 g/mol. The van der Waals surface area contributed by atoms with E-state index in [9.17, 15) is 14.7 Å². The Balaban J connectivity index is 1.58. The Morgan fingerprint density at radius 1 is 1.10 bits per heavy atom. The van der Waals surface area contributed by atoms with Crippen molar-refractivity contribution in [2.24, 2.45) is 0 Å². The van der Waals surface area contributed by atoms with E-state index in [1.54, 1.807) is 24.3 Å². The Kier molecular flexibility index (Phi) is 7.60. The Labute approximate surface area is 177 Å². The van der Waals surface area contributed by atoms with Crippen molar-refractivity contribution in [2.75, 3.05) is 19.7 Å². The van der Waals surface area contributed by atoms with Crippen molar-refractivity contribution in [1.29, 1.82) is 0 Å². The summed E-state index contributed by atoms with van der Waals surface area (Å²) in [5, 5.41) is 19.1. The van der Waals surface area contributed by atoms with Crippen LogP contribution < -0.4 is 4.74 Å². The van der Waals surface area contributed by atoms with Gasteiger partial charge in [-0.3, -0.25) is 9.69 Å². The van der Waals surface area contributed by atoms with Crippen LogP contribution in [0.2, 0.25) is 0 Å². The number of β-amino-alcohol motifs (C(OH)–C–C–N with tert-alkyl or cyclic N) is 1. The van der Waals surface area contributed by atoms with Crippen LogP contribution in [-0.4, -0.2) is 58.7 Å². The molecule has 0 aliphatic carbocycles. The summed E-state index contributed by atoms with van der Waals surface area (Å²) >= 11 is 0. The summed E-state index contributed by atoms with van der Waals surface area (Å²) < 4.78 is 5.77. The zero-order valence-corrected chi connectivity index (χ0v) is 17.2. The second kappa shape index (κ2) is 10.4. The highest BCUT2D eigenvalue weighted by Crippen LogP contribution is 2.25. The number of likely N-dealkylation sites (tertiary alicyclic amines) is 1. The third-order valence-electron chi connectivity index (χ3n) is 5.66. The average Bonchev–Trinajstić information content (AvgIpc) is 2.74. The molecule has 0 bridgehead atoms. The fraction of sp³-hybridized carbons (Fsp3) is 0.417. The van der Waals surface area contributed by atoms with E-state index >= 15 is 0 Å². The van der Waals surface area contributed by atoms with Gasteiger partial charge in [0.1, 0.15) is 12.4 Å². The van der Waals surface area contributed by atoms with Crippen molar-refractivity contribution < 1.29 is 24.5 Å². The van der Waals surface area contributed by atoms with E-state index in [1.165, 1.54) is 0 Å². The molecule has 3 rings (SSSR count). The van der Waals surface area contributed by atoms with Gasteiger partial charge in [-0.1, -0.05) is 37.3 Å². The first-order valence-electron chi connectivity index (χ1n) is 10.4. The highest BCUT2D eigenvalue weighted by molar-refractivity contribution is 5.87. The summed E-state index contributed by atoms with van der Waals surface area (Å²) in [4.78, 5) is 26.1. The van der Waals surface area contributed by atoms with Gasteiger partial charge in [0.15, 0.2) is 5.78 Å². The maximum absolute atomic E-state index is 13.0. The molecule has 0 spiro atoms. The molecule has 1 fully saturated rings. The number of aliphatic hydroxyl groups excluding tert-OH is 1. The number of nitrogens with zero attached hydrogens (tertiary/aromatic N) is 1. The number of piperidine rings is 1. The Morgan fingerprint density at radius 3 is 2.47 bits per heavy atom. The number of aromatic carboxylic acids is 1. The van der Waals surface area contributed by atoms with Crippen molar-refractivity contribution in [3.63, 3.8) is 0 Å². The first-order valence-corrected chi connectivity index (χ1v) is 10.4. The second-order valence-electron chi connectivity index (χ2n) is 7.90. The quantitative estimate of drug-likeness (QED) is 0.658. The van der Waals surface area contributed by atoms with Crippen LogP contribution in [0.3, 0.4) is 0 Å². The molecule has 1 heterocycles. The summed E-state index contributed by atoms with van der Waals surface area (Å²) in [6, 6.07) is 16.0. The van der Waals surface area contributed by atoms with Gasteiger partial charge < -0.3 is 14.9 Å². The molecule has 6 nitrogen and oxygen atoms in total. The van der Waals surface area contributed by atoms with Crippen LogP contribution in [-0.2, 0) is 4.79 Å². The number of ketones is 1. The van der Waals surface area contributed by atoms with Crippen LogP contribution in [0, 0.1) is 0 Å². The minimum absolute atomic E-state index is 0.00499. The standard InChI is InChI=1S/C24H29NO5/c1-17(18-7-9-19(10-8-18)24(28)29)15-23(27)22-12-11-20(26)16-25(22)13-14-30-21-5-3-2-4-6-21/h2-10,17,20,22,26H,11-16H2,1H3,(H,28,29)/t17-,20+,22-/m1/s1.